The molecule has 3 aromatic heterocycles. The normalized spacial score (nSPS) is 14.1. The molecular formula is C16H14ClN5O. The maximum Gasteiger partial charge on any atom is 0.172 e. The summed E-state index contributed by atoms with van der Waals surface area (Å²) < 4.78 is 1.70. The first-order chi connectivity index (χ1) is 11.2. The summed E-state index contributed by atoms with van der Waals surface area (Å²) in [6.45, 7) is 0. The molecule has 4 rings (SSSR count). The number of hydrogen-bond donors (Lipinski definition) is 1. The van der Waals surface area contributed by atoms with Gasteiger partial charge in [0.1, 0.15) is 5.82 Å². The van der Waals surface area contributed by atoms with E-state index in [-0.39, 0.29) is 12.2 Å². The summed E-state index contributed by atoms with van der Waals surface area (Å²) in [5.74, 6) is 1.22. The maximum atomic E-state index is 12.3. The SMILES string of the molecule is O=C(Cc1nc2cc(Cl)cc(NC3CC3)n2n1)c1cccnc1. The monoisotopic (exact) mass is 327 g/mol. The molecule has 0 amide bonds. The summed E-state index contributed by atoms with van der Waals surface area (Å²) in [6.07, 6.45) is 5.62. The van der Waals surface area contributed by atoms with Crippen molar-refractivity contribution in [2.75, 3.05) is 5.32 Å². The molecule has 6 nitrogen and oxygen atoms in total. The fourth-order valence-electron chi connectivity index (χ4n) is 2.38. The largest absolute Gasteiger partial charge is 0.367 e. The summed E-state index contributed by atoms with van der Waals surface area (Å²) >= 11 is 6.14. The minimum atomic E-state index is -0.0585. The highest BCUT2D eigenvalue weighted by Crippen LogP contribution is 2.27. The first kappa shape index (κ1) is 14.1. The lowest BCUT2D eigenvalue weighted by Gasteiger charge is -2.06. The fourth-order valence-corrected chi connectivity index (χ4v) is 2.58. The van der Waals surface area contributed by atoms with Gasteiger partial charge in [0.25, 0.3) is 0 Å². The third kappa shape index (κ3) is 3.03. The Morgan fingerprint density at radius 1 is 1.39 bits per heavy atom. The van der Waals surface area contributed by atoms with Crippen LogP contribution in [-0.4, -0.2) is 31.4 Å². The highest BCUT2D eigenvalue weighted by molar-refractivity contribution is 6.31. The van der Waals surface area contributed by atoms with Crippen molar-refractivity contribution in [2.24, 2.45) is 0 Å². The van der Waals surface area contributed by atoms with Gasteiger partial charge in [-0.2, -0.15) is 4.52 Å². The fraction of sp³-hybridized carbons (Fsp3) is 0.250. The molecule has 1 aliphatic rings. The molecule has 23 heavy (non-hydrogen) atoms. The van der Waals surface area contributed by atoms with Crippen LogP contribution in [0.25, 0.3) is 5.65 Å². The minimum absolute atomic E-state index is 0.0585. The predicted octanol–water partition coefficient (Wildman–Crippen LogP) is 2.78. The van der Waals surface area contributed by atoms with Gasteiger partial charge in [0.15, 0.2) is 17.3 Å². The van der Waals surface area contributed by atoms with E-state index in [1.54, 1.807) is 35.1 Å². The van der Waals surface area contributed by atoms with Crippen LogP contribution in [0.15, 0.2) is 36.7 Å². The number of aromatic nitrogens is 4. The van der Waals surface area contributed by atoms with Crippen molar-refractivity contribution in [3.63, 3.8) is 0 Å². The van der Waals surface area contributed by atoms with E-state index in [9.17, 15) is 4.79 Å². The van der Waals surface area contributed by atoms with Gasteiger partial charge in [-0.15, -0.1) is 5.10 Å². The Morgan fingerprint density at radius 3 is 3.00 bits per heavy atom. The summed E-state index contributed by atoms with van der Waals surface area (Å²) in [7, 11) is 0. The molecule has 0 atom stereocenters. The molecule has 0 radical (unpaired) electrons. The number of nitrogens with one attached hydrogen (secondary N) is 1. The molecular weight excluding hydrogens is 314 g/mol. The van der Waals surface area contributed by atoms with Gasteiger partial charge >= 0.3 is 0 Å². The van der Waals surface area contributed by atoms with Crippen LogP contribution in [0, 0.1) is 0 Å². The van der Waals surface area contributed by atoms with Crippen LogP contribution in [0.3, 0.4) is 0 Å². The molecule has 1 saturated carbocycles. The molecule has 1 fully saturated rings. The van der Waals surface area contributed by atoms with Crippen molar-refractivity contribution in [1.29, 1.82) is 0 Å². The average molecular weight is 328 g/mol. The lowest BCUT2D eigenvalue weighted by molar-refractivity contribution is 0.0990. The first-order valence-electron chi connectivity index (χ1n) is 7.44. The topological polar surface area (TPSA) is 72.2 Å². The number of halogens is 1. The van der Waals surface area contributed by atoms with Gasteiger partial charge < -0.3 is 5.32 Å². The van der Waals surface area contributed by atoms with Crippen molar-refractivity contribution < 1.29 is 4.79 Å². The van der Waals surface area contributed by atoms with E-state index in [1.807, 2.05) is 6.07 Å². The molecule has 3 aromatic rings. The number of carbonyl (C=O) groups is 1. The average Bonchev–Trinajstić information content (AvgIpc) is 3.26. The van der Waals surface area contributed by atoms with E-state index in [2.05, 4.69) is 20.4 Å². The summed E-state index contributed by atoms with van der Waals surface area (Å²) in [6, 6.07) is 7.52. The first-order valence-corrected chi connectivity index (χ1v) is 7.82. The van der Waals surface area contributed by atoms with Crippen LogP contribution >= 0.6 is 11.6 Å². The molecule has 0 aromatic carbocycles. The van der Waals surface area contributed by atoms with Crippen molar-refractivity contribution in [1.82, 2.24) is 19.6 Å². The Hall–Kier alpha value is -2.47. The second-order valence-corrected chi connectivity index (χ2v) is 6.05. The molecule has 1 N–H and O–H groups in total. The standard InChI is InChI=1S/C16H14ClN5O/c17-11-6-15(19-12-3-4-12)22-16(7-11)20-14(21-22)8-13(23)10-2-1-5-18-9-10/h1-2,5-7,9,12,19H,3-4,8H2. The van der Waals surface area contributed by atoms with Crippen LogP contribution in [0.5, 0.6) is 0 Å². The zero-order valence-corrected chi connectivity index (χ0v) is 13.0. The Labute approximate surface area is 137 Å². The van der Waals surface area contributed by atoms with Gasteiger partial charge in [-0.05, 0) is 31.0 Å². The van der Waals surface area contributed by atoms with E-state index in [0.29, 0.717) is 28.1 Å². The van der Waals surface area contributed by atoms with Crippen LogP contribution in [0.2, 0.25) is 5.02 Å². The lowest BCUT2D eigenvalue weighted by atomic mass is 10.1. The predicted molar refractivity (Wildman–Crippen MR) is 86.9 cm³/mol. The summed E-state index contributed by atoms with van der Waals surface area (Å²) in [5, 5.41) is 8.42. The third-order valence-electron chi connectivity index (χ3n) is 3.68. The number of anilines is 1. The Morgan fingerprint density at radius 2 is 2.26 bits per heavy atom. The van der Waals surface area contributed by atoms with Crippen LogP contribution in [-0.2, 0) is 6.42 Å². The molecule has 1 aliphatic carbocycles. The zero-order chi connectivity index (χ0) is 15.8. The Balaban J connectivity index is 1.64. The Kier molecular flexibility index (Phi) is 3.46. The number of rotatable bonds is 5. The van der Waals surface area contributed by atoms with E-state index in [0.717, 1.165) is 18.7 Å². The number of fused-ring (bicyclic) bond motifs is 1. The van der Waals surface area contributed by atoms with Gasteiger partial charge in [0.2, 0.25) is 0 Å². The van der Waals surface area contributed by atoms with Gasteiger partial charge in [0.05, 0.1) is 6.42 Å². The van der Waals surface area contributed by atoms with Crippen molar-refractivity contribution in [3.8, 4) is 0 Å². The zero-order valence-electron chi connectivity index (χ0n) is 12.2. The van der Waals surface area contributed by atoms with E-state index < -0.39 is 0 Å². The third-order valence-corrected chi connectivity index (χ3v) is 3.90. The number of hydrogen-bond acceptors (Lipinski definition) is 5. The van der Waals surface area contributed by atoms with Gasteiger partial charge in [-0.25, -0.2) is 4.98 Å². The van der Waals surface area contributed by atoms with Gasteiger partial charge in [0, 0.05) is 35.1 Å². The minimum Gasteiger partial charge on any atom is -0.367 e. The molecule has 0 spiro atoms. The molecule has 0 saturated heterocycles. The highest BCUT2D eigenvalue weighted by atomic mass is 35.5. The van der Waals surface area contributed by atoms with E-state index in [4.69, 9.17) is 11.6 Å². The summed E-state index contributed by atoms with van der Waals surface area (Å²) in [4.78, 5) is 20.6. The van der Waals surface area contributed by atoms with Gasteiger partial charge in [-0.1, -0.05) is 11.6 Å². The molecule has 0 unspecified atom stereocenters. The van der Waals surface area contributed by atoms with Crippen LogP contribution < -0.4 is 5.32 Å². The maximum absolute atomic E-state index is 12.3. The number of carbonyl (C=O) groups excluding carboxylic acids is 1. The second kappa shape index (κ2) is 5.62. The van der Waals surface area contributed by atoms with Gasteiger partial charge in [-0.3, -0.25) is 9.78 Å². The second-order valence-electron chi connectivity index (χ2n) is 5.62. The van der Waals surface area contributed by atoms with Crippen molar-refractivity contribution >= 4 is 28.8 Å². The number of Topliss-reactive ketones (excluding diaryl/α,β-unsaturated/α-hetero) is 1. The molecule has 0 bridgehead atoms. The number of nitrogens with zero attached hydrogens (tertiary/aromatic N) is 4. The van der Waals surface area contributed by atoms with Crippen molar-refractivity contribution in [3.05, 3.63) is 53.1 Å². The smallest absolute Gasteiger partial charge is 0.172 e. The lowest BCUT2D eigenvalue weighted by Crippen LogP contribution is -2.08. The number of pyridine rings is 2. The highest BCUT2D eigenvalue weighted by Gasteiger charge is 2.23. The summed E-state index contributed by atoms with van der Waals surface area (Å²) in [5.41, 5.74) is 1.19. The van der Waals surface area contributed by atoms with E-state index >= 15 is 0 Å². The molecule has 0 aliphatic heterocycles. The quantitative estimate of drug-likeness (QED) is 0.729. The molecule has 7 heteroatoms. The number of ketones is 1. The van der Waals surface area contributed by atoms with Crippen molar-refractivity contribution in [2.45, 2.75) is 25.3 Å². The van der Waals surface area contributed by atoms with E-state index in [1.165, 1.54) is 0 Å². The molecule has 3 heterocycles. The molecule has 116 valence electrons. The van der Waals surface area contributed by atoms with Crippen LogP contribution in [0.4, 0.5) is 5.82 Å². The Bertz CT molecular complexity index is 873. The van der Waals surface area contributed by atoms with Crippen LogP contribution in [0.1, 0.15) is 29.0 Å².